The summed E-state index contributed by atoms with van der Waals surface area (Å²) >= 11 is 3.75. The Morgan fingerprint density at radius 3 is 2.67 bits per heavy atom. The fourth-order valence-corrected chi connectivity index (χ4v) is 0.276. The van der Waals surface area contributed by atoms with Gasteiger partial charge in [0.25, 0.3) is 0 Å². The SMILES string of the molecule is CC=CCNS. The van der Waals surface area contributed by atoms with E-state index in [4.69, 9.17) is 0 Å². The topological polar surface area (TPSA) is 12.0 Å². The van der Waals surface area contributed by atoms with Crippen molar-refractivity contribution in [1.82, 2.24) is 4.72 Å². The predicted molar refractivity (Wildman–Crippen MR) is 31.8 cm³/mol. The zero-order chi connectivity index (χ0) is 4.83. The summed E-state index contributed by atoms with van der Waals surface area (Å²) in [6, 6.07) is 0. The van der Waals surface area contributed by atoms with Crippen molar-refractivity contribution in [3.05, 3.63) is 12.2 Å². The number of thiol groups is 1. The summed E-state index contributed by atoms with van der Waals surface area (Å²) in [6.07, 6.45) is 3.97. The van der Waals surface area contributed by atoms with Gasteiger partial charge in [-0.3, -0.25) is 4.72 Å². The normalized spacial score (nSPS) is 10.3. The highest BCUT2D eigenvalue weighted by molar-refractivity contribution is 7.78. The molecule has 0 radical (unpaired) electrons. The molecule has 0 aliphatic rings. The molecule has 0 rings (SSSR count). The molecule has 0 bridgehead atoms. The fraction of sp³-hybridized carbons (Fsp3) is 0.500. The highest BCUT2D eigenvalue weighted by atomic mass is 32.1. The molecule has 0 aromatic rings. The lowest BCUT2D eigenvalue weighted by Gasteiger charge is -1.80. The average molecular weight is 103 g/mol. The van der Waals surface area contributed by atoms with Crippen molar-refractivity contribution in [1.29, 1.82) is 0 Å². The number of allylic oxidation sites excluding steroid dienone is 1. The van der Waals surface area contributed by atoms with E-state index in [0.717, 1.165) is 6.54 Å². The highest BCUT2D eigenvalue weighted by Crippen LogP contribution is 1.65. The van der Waals surface area contributed by atoms with E-state index in [9.17, 15) is 0 Å². The minimum absolute atomic E-state index is 0.847. The van der Waals surface area contributed by atoms with Crippen LogP contribution in [0.1, 0.15) is 6.92 Å². The van der Waals surface area contributed by atoms with E-state index in [-0.39, 0.29) is 0 Å². The zero-order valence-electron chi connectivity index (χ0n) is 3.81. The summed E-state index contributed by atoms with van der Waals surface area (Å²) in [4.78, 5) is 0. The van der Waals surface area contributed by atoms with E-state index in [2.05, 4.69) is 17.5 Å². The molecule has 0 spiro atoms. The van der Waals surface area contributed by atoms with Crippen molar-refractivity contribution in [2.24, 2.45) is 0 Å². The van der Waals surface area contributed by atoms with Gasteiger partial charge in [-0.2, -0.15) is 0 Å². The third-order valence-corrected chi connectivity index (χ3v) is 0.627. The molecule has 0 aliphatic carbocycles. The van der Waals surface area contributed by atoms with Crippen LogP contribution < -0.4 is 4.72 Å². The van der Waals surface area contributed by atoms with Gasteiger partial charge in [-0.15, -0.1) is 0 Å². The molecule has 1 N–H and O–H groups in total. The average Bonchev–Trinajstić information content (AvgIpc) is 1.61. The van der Waals surface area contributed by atoms with E-state index >= 15 is 0 Å². The molecule has 2 heteroatoms. The van der Waals surface area contributed by atoms with Crippen LogP contribution in [0.4, 0.5) is 0 Å². The monoisotopic (exact) mass is 103 g/mol. The molecule has 0 aromatic heterocycles. The standard InChI is InChI=1S/C4H9NS/c1-2-3-4-5-6/h2-3,5-6H,4H2,1H3. The molecule has 0 fully saturated rings. The minimum Gasteiger partial charge on any atom is -0.263 e. The maximum absolute atomic E-state index is 3.75. The Hall–Kier alpha value is 0.0500. The van der Waals surface area contributed by atoms with Crippen LogP contribution in [0.3, 0.4) is 0 Å². The van der Waals surface area contributed by atoms with E-state index in [1.54, 1.807) is 0 Å². The molecule has 0 saturated heterocycles. The first-order valence-electron chi connectivity index (χ1n) is 1.90. The molecular weight excluding hydrogens is 94.1 g/mol. The summed E-state index contributed by atoms with van der Waals surface area (Å²) in [5.74, 6) is 0. The minimum atomic E-state index is 0.847. The van der Waals surface area contributed by atoms with E-state index in [0.29, 0.717) is 0 Å². The van der Waals surface area contributed by atoms with Gasteiger partial charge in [0.2, 0.25) is 0 Å². The summed E-state index contributed by atoms with van der Waals surface area (Å²) in [6.45, 7) is 2.82. The highest BCUT2D eigenvalue weighted by Gasteiger charge is 1.61. The van der Waals surface area contributed by atoms with Crippen molar-refractivity contribution in [2.75, 3.05) is 6.54 Å². The maximum Gasteiger partial charge on any atom is 0.0237 e. The Morgan fingerprint density at radius 2 is 2.50 bits per heavy atom. The molecule has 0 heterocycles. The van der Waals surface area contributed by atoms with Crippen LogP contribution in [0.5, 0.6) is 0 Å². The zero-order valence-corrected chi connectivity index (χ0v) is 4.70. The third-order valence-electron chi connectivity index (χ3n) is 0.445. The lowest BCUT2D eigenvalue weighted by atomic mass is 10.5. The first-order valence-corrected chi connectivity index (χ1v) is 2.34. The van der Waals surface area contributed by atoms with Gasteiger partial charge < -0.3 is 0 Å². The molecule has 6 heavy (non-hydrogen) atoms. The van der Waals surface area contributed by atoms with Gasteiger partial charge in [-0.1, -0.05) is 25.0 Å². The maximum atomic E-state index is 3.75. The number of hydrogen-bond donors (Lipinski definition) is 2. The van der Waals surface area contributed by atoms with Crippen molar-refractivity contribution in [3.8, 4) is 0 Å². The smallest absolute Gasteiger partial charge is 0.0237 e. The molecule has 0 aromatic carbocycles. The summed E-state index contributed by atoms with van der Waals surface area (Å²) in [5.41, 5.74) is 0. The van der Waals surface area contributed by atoms with Crippen LogP contribution in [0.15, 0.2) is 12.2 Å². The Bertz CT molecular complexity index is 42.8. The van der Waals surface area contributed by atoms with Gasteiger partial charge >= 0.3 is 0 Å². The fourth-order valence-electron chi connectivity index (χ4n) is 0.171. The van der Waals surface area contributed by atoms with Crippen LogP contribution in [-0.2, 0) is 0 Å². The summed E-state index contributed by atoms with van der Waals surface area (Å²) in [7, 11) is 0. The van der Waals surface area contributed by atoms with Gasteiger partial charge in [-0.25, -0.2) is 0 Å². The number of nitrogens with one attached hydrogen (secondary N) is 1. The first kappa shape index (κ1) is 6.05. The molecule has 0 unspecified atom stereocenters. The van der Waals surface area contributed by atoms with Crippen LogP contribution >= 0.6 is 12.8 Å². The summed E-state index contributed by atoms with van der Waals surface area (Å²) in [5, 5.41) is 0. The molecule has 36 valence electrons. The van der Waals surface area contributed by atoms with Crippen molar-refractivity contribution in [3.63, 3.8) is 0 Å². The summed E-state index contributed by atoms with van der Waals surface area (Å²) < 4.78 is 2.68. The third kappa shape index (κ3) is 4.05. The van der Waals surface area contributed by atoms with E-state index in [1.807, 2.05) is 19.1 Å². The molecule has 0 atom stereocenters. The van der Waals surface area contributed by atoms with E-state index in [1.165, 1.54) is 0 Å². The number of rotatable bonds is 2. The Morgan fingerprint density at radius 1 is 1.83 bits per heavy atom. The van der Waals surface area contributed by atoms with Gasteiger partial charge in [-0.05, 0) is 6.92 Å². The first-order chi connectivity index (χ1) is 2.91. The van der Waals surface area contributed by atoms with Crippen molar-refractivity contribution < 1.29 is 0 Å². The van der Waals surface area contributed by atoms with Crippen LogP contribution in [0.25, 0.3) is 0 Å². The molecule has 0 amide bonds. The van der Waals surface area contributed by atoms with Crippen LogP contribution in [0.2, 0.25) is 0 Å². The molecular formula is C4H9NS. The molecule has 0 aliphatic heterocycles. The van der Waals surface area contributed by atoms with E-state index < -0.39 is 0 Å². The lowest BCUT2D eigenvalue weighted by Crippen LogP contribution is -1.94. The van der Waals surface area contributed by atoms with Crippen LogP contribution in [-0.4, -0.2) is 6.54 Å². The lowest BCUT2D eigenvalue weighted by molar-refractivity contribution is 1.14. The Kier molecular flexibility index (Phi) is 5.09. The predicted octanol–water partition coefficient (Wildman–Crippen LogP) is 0.997. The largest absolute Gasteiger partial charge is 0.263 e. The van der Waals surface area contributed by atoms with Crippen molar-refractivity contribution in [2.45, 2.75) is 6.92 Å². The Balaban J connectivity index is 2.66. The quantitative estimate of drug-likeness (QED) is 0.392. The molecule has 1 nitrogen and oxygen atoms in total. The van der Waals surface area contributed by atoms with Gasteiger partial charge in [0.05, 0.1) is 0 Å². The molecule has 0 saturated carbocycles. The second-order valence-electron chi connectivity index (χ2n) is 0.931. The van der Waals surface area contributed by atoms with Gasteiger partial charge in [0.15, 0.2) is 0 Å². The number of hydrogen-bond acceptors (Lipinski definition) is 2. The van der Waals surface area contributed by atoms with Gasteiger partial charge in [0, 0.05) is 6.54 Å². The second-order valence-corrected chi connectivity index (χ2v) is 1.25. The second kappa shape index (κ2) is 5.05. The Labute approximate surface area is 44.0 Å². The van der Waals surface area contributed by atoms with Gasteiger partial charge in [0.1, 0.15) is 0 Å². The van der Waals surface area contributed by atoms with Crippen LogP contribution in [0, 0.1) is 0 Å². The van der Waals surface area contributed by atoms with Crippen molar-refractivity contribution >= 4 is 12.8 Å².